The van der Waals surface area contributed by atoms with Crippen LogP contribution in [0.3, 0.4) is 0 Å². The molecule has 0 saturated heterocycles. The molecule has 0 aromatic carbocycles. The van der Waals surface area contributed by atoms with Crippen LogP contribution < -0.4 is 0 Å². The summed E-state index contributed by atoms with van der Waals surface area (Å²) >= 11 is 0. The molecular weight excluding hydrogens is 10700 g/mol. The van der Waals surface area contributed by atoms with Crippen molar-refractivity contribution in [3.8, 4) is 0 Å². The largest absolute Gasteiger partial charge is 0 e. The monoisotopic (exact) mass is 10600 g/mol. The maximum absolute atomic E-state index is 0. The Balaban J connectivity index is 0. The Morgan fingerprint density at radius 1 is 0.0200 bits per heavy atom. The van der Waals surface area contributed by atoms with Crippen LogP contribution in [-0.4, -0.2) is 0 Å². The van der Waals surface area contributed by atoms with Crippen LogP contribution in [-0.2, 0) is 2090 Å². The second-order valence-electron chi connectivity index (χ2n) is 0. The number of hydrogen-bond acceptors (Lipinski definition) is 0. The van der Waals surface area contributed by atoms with E-state index in [4.69, 9.17) is 0 Å². The summed E-state index contributed by atoms with van der Waals surface area (Å²) in [5.41, 5.74) is 0. The van der Waals surface area contributed by atoms with Gasteiger partial charge < -0.3 is 0 Å². The van der Waals surface area contributed by atoms with Gasteiger partial charge in [-0.3, -0.25) is 0 Å². The van der Waals surface area contributed by atoms with Gasteiger partial charge in [0.15, 0.2) is 0 Å². The van der Waals surface area contributed by atoms with Crippen molar-refractivity contribution in [1.29, 1.82) is 0 Å². The molecule has 0 aliphatic heterocycles. The van der Waals surface area contributed by atoms with E-state index in [9.17, 15) is 0 Å². The molecule has 25 radical (unpaired) electrons. The van der Waals surface area contributed by atoms with E-state index < -0.39 is 0 Å². The molecule has 0 bridgehead atoms. The summed E-state index contributed by atoms with van der Waals surface area (Å²) < 4.78 is 0. The van der Waals surface area contributed by atoms with Gasteiger partial charge in [0.05, 0.1) is 0 Å². The van der Waals surface area contributed by atoms with Crippen molar-refractivity contribution < 1.29 is 2090 Å². The van der Waals surface area contributed by atoms with Crippen molar-refractivity contribution in [2.75, 3.05) is 0 Å². The Kier molecular flexibility index (Phi) is 10000. The van der Waals surface area contributed by atoms with E-state index in [1.54, 1.807) is 0 Å². The van der Waals surface area contributed by atoms with E-state index >= 15 is 0 Å². The molecule has 0 unspecified atom stereocenters. The van der Waals surface area contributed by atoms with Crippen LogP contribution >= 0.6 is 0 Å². The minimum Gasteiger partial charge on any atom is 0 e. The van der Waals surface area contributed by atoms with Crippen LogP contribution in [0.5, 0.6) is 0 Å². The molecule has 0 spiro atoms. The average molecular weight is 10700 g/mol. The van der Waals surface area contributed by atoms with Crippen LogP contribution in [0, 0.1) is 0 Å². The summed E-state index contributed by atoms with van der Waals surface area (Å²) in [6, 6.07) is 0. The van der Waals surface area contributed by atoms with E-state index in [1.807, 2.05) is 0 Å². The topological polar surface area (TPSA) is 0 Å². The molecule has 0 aliphatic carbocycles. The maximum atomic E-state index is 0. The van der Waals surface area contributed by atoms with Gasteiger partial charge in [-0.25, -0.2) is 0 Å². The second kappa shape index (κ2) is 993. The van der Waals surface area contributed by atoms with Crippen molar-refractivity contribution >= 4 is 0 Å². The first-order chi connectivity index (χ1) is 0. The van der Waals surface area contributed by atoms with Crippen molar-refractivity contribution in [1.82, 2.24) is 0 Å². The summed E-state index contributed by atoms with van der Waals surface area (Å²) in [5, 5.41) is 0. The van der Waals surface area contributed by atoms with Crippen molar-refractivity contribution in [3.63, 3.8) is 0 Å². The van der Waals surface area contributed by atoms with Gasteiger partial charge in [0.1, 0.15) is 0 Å². The van der Waals surface area contributed by atoms with Crippen LogP contribution in [0.2, 0.25) is 0 Å². The van der Waals surface area contributed by atoms with Gasteiger partial charge in [-0.15, -0.1) is 0 Å². The number of hydrogen-bond donors (Lipinski definition) is 0. The molecule has 0 amide bonds. The molecule has 0 nitrogen and oxygen atoms in total. The Morgan fingerprint density at radius 3 is 0.0200 bits per heavy atom. The first-order valence-electron chi connectivity index (χ1n) is 0. The van der Waals surface area contributed by atoms with E-state index in [2.05, 4.69) is 0 Å². The van der Waals surface area contributed by atoms with Crippen LogP contribution in [0.1, 0.15) is 0 Å². The van der Waals surface area contributed by atoms with Crippen LogP contribution in [0.25, 0.3) is 0 Å². The zero-order valence-electron chi connectivity index (χ0n) is 31.3. The fourth-order valence-electron chi connectivity index (χ4n) is 0. The molecule has 0 fully saturated rings. The Bertz CT molecular complexity index is 81.1. The smallest absolute Gasteiger partial charge is 0 e. The first-order valence-corrected chi connectivity index (χ1v) is 0. The van der Waals surface area contributed by atoms with E-state index in [0.717, 1.165) is 0 Å². The van der Waals surface area contributed by atoms with E-state index in [0.29, 0.717) is 0 Å². The summed E-state index contributed by atoms with van der Waals surface area (Å²) in [5.74, 6) is 0. The molecule has 100 heteroatoms. The van der Waals surface area contributed by atoms with Crippen LogP contribution in [0.4, 0.5) is 0 Å². The molecule has 0 N–H and O–H groups in total. The third kappa shape index (κ3) is 975. The average Bonchev–Trinajstić information content (AvgIpc) is 0. The third-order valence-corrected chi connectivity index (χ3v) is 0. The summed E-state index contributed by atoms with van der Waals surface area (Å²) in [6.45, 7) is 0. The SMILES string of the molecule is [Ag].[Ag].[Ag].[Ag].[Ag].[Ag].[Ag].[Ag].[Ag].[Ag].[Ag].[Ag].[Ag].[Ag].[Ag].[Ag].[Ag].[Ag].[Ag].[Ag].[Ag].[Ag].[Ag].[Ag].[Ag].[Pd].[Pd].[Pd].[Pd].[Pd].[Pd].[Pd].[Pd].[Pd].[Pd].[Pd].[Pd].[Pd].[Pd].[Pd].[Pd].[Pd].[Pd].[Pd].[Pd].[Pd].[Pd].[Pd].[Pd].[Pd].[Pd].[Pd].[Pd].[Pd].[Pd].[Pd].[Pd].[Pd].[Pd].[Pd].[Pd].[Pd].[Pd].[Pd].[Pd].[Pd].[Pd].[Pd].[Pd].[Pd].[Pd].[Pd].[Pd].[Pd].[Pd].[Pd].[Pd].[Pd].[Pd].[Pd].[Pd].[Pd].[Pd].[Pd].[Pd].[Pd].[Pd].[Pd].[Pd].[Pd].[Pd].[Pd].[Pd].[Pd].[Pd].[Pd].[Pd].[Pd].[Pd].[Pd]. The Hall–Kier alpha value is 68.2. The van der Waals surface area contributed by atoms with Gasteiger partial charge in [-0.2, -0.15) is 0 Å². The normalized spacial score (nSPS) is 0. The quantitative estimate of drug-likeness (QED) is 0.295. The molecule has 1025 valence electrons. The first kappa shape index (κ1) is 1010. The van der Waals surface area contributed by atoms with Gasteiger partial charge >= 0.3 is 0 Å². The fraction of sp³-hybridized carbons (Fsp3) is 0. The van der Waals surface area contributed by atoms with E-state index in [-0.39, 0.29) is 2090 Å². The summed E-state index contributed by atoms with van der Waals surface area (Å²) in [4.78, 5) is 0. The van der Waals surface area contributed by atoms with Gasteiger partial charge in [0, 0.05) is 2090 Å². The number of rotatable bonds is 0. The Morgan fingerprint density at radius 2 is 0.0200 bits per heavy atom. The van der Waals surface area contributed by atoms with Gasteiger partial charge in [-0.05, 0) is 0 Å². The molecule has 0 heterocycles. The Labute approximate surface area is 2030 Å². The summed E-state index contributed by atoms with van der Waals surface area (Å²) in [6.07, 6.45) is 0. The van der Waals surface area contributed by atoms with Crippen molar-refractivity contribution in [3.05, 3.63) is 0 Å². The molecule has 0 aliphatic rings. The minimum absolute atomic E-state index is 0. The maximum Gasteiger partial charge on any atom is 0 e. The molecule has 0 aromatic rings. The molecule has 0 aromatic heterocycles. The van der Waals surface area contributed by atoms with Crippen molar-refractivity contribution in [2.45, 2.75) is 0 Å². The molecule has 0 saturated carbocycles. The zero-order chi connectivity index (χ0) is 0. The van der Waals surface area contributed by atoms with Gasteiger partial charge in [0.2, 0.25) is 0 Å². The molecular formula is Ag25Pd75. The van der Waals surface area contributed by atoms with Crippen molar-refractivity contribution in [2.24, 2.45) is 0 Å². The third-order valence-electron chi connectivity index (χ3n) is 0. The second-order valence-corrected chi connectivity index (χ2v) is 0. The standard InChI is InChI=1S/25Ag.75Pd. The van der Waals surface area contributed by atoms with E-state index in [1.165, 1.54) is 0 Å². The predicted octanol–water partition coefficient (Wildman–Crippen LogP) is -0.250. The van der Waals surface area contributed by atoms with Crippen LogP contribution in [0.15, 0.2) is 0 Å². The predicted molar refractivity (Wildman–Crippen MR) is 0 cm³/mol. The molecule has 100 heavy (non-hydrogen) atoms. The fourth-order valence-corrected chi connectivity index (χ4v) is 0. The van der Waals surface area contributed by atoms with Gasteiger partial charge in [0.25, 0.3) is 0 Å². The minimum atomic E-state index is 0. The molecule has 0 atom stereocenters. The zero-order valence-corrected chi connectivity index (χ0v) is 185. The molecule has 0 rings (SSSR count). The summed E-state index contributed by atoms with van der Waals surface area (Å²) in [7, 11) is 0. The van der Waals surface area contributed by atoms with Gasteiger partial charge in [-0.1, -0.05) is 0 Å².